The molecule has 2 aromatic carbocycles. The Kier molecular flexibility index (Phi) is 7.35. The van der Waals surface area contributed by atoms with E-state index in [4.69, 9.17) is 20.2 Å². The number of fused-ring (bicyclic) bond motifs is 1. The molecule has 0 spiro atoms. The molecule has 2 aromatic heterocycles. The Morgan fingerprint density at radius 3 is 2.79 bits per heavy atom. The van der Waals surface area contributed by atoms with Crippen molar-refractivity contribution < 1.29 is 18.7 Å². The van der Waals surface area contributed by atoms with Crippen LogP contribution in [0.15, 0.2) is 42.6 Å². The molecule has 1 atom stereocenters. The van der Waals surface area contributed by atoms with Gasteiger partial charge in [0.2, 0.25) is 0 Å². The van der Waals surface area contributed by atoms with Gasteiger partial charge in [0.1, 0.15) is 35.2 Å². The number of carbonyl (C=O) groups is 1. The lowest BCUT2D eigenvalue weighted by molar-refractivity contribution is 0.0988. The molecule has 0 saturated carbocycles. The fourth-order valence-electron chi connectivity index (χ4n) is 5.22. The van der Waals surface area contributed by atoms with Gasteiger partial charge in [-0.2, -0.15) is 0 Å². The lowest BCUT2D eigenvalue weighted by Crippen LogP contribution is -2.36. The number of nitrogens with two attached hydrogens (primary N) is 1. The van der Waals surface area contributed by atoms with Gasteiger partial charge in [0.05, 0.1) is 23.9 Å². The van der Waals surface area contributed by atoms with E-state index in [-0.39, 0.29) is 35.3 Å². The van der Waals surface area contributed by atoms with Gasteiger partial charge in [0.25, 0.3) is 0 Å². The predicted molar refractivity (Wildman–Crippen MR) is 143 cm³/mol. The SMILES string of the molecule is COCc1nc2c(N3CCC[C@H]3CN)c(CC(=O)c3ccnc(-c4c(F)cccc4OC)n3)ccc2n1C. The topological polar surface area (TPSA) is 108 Å². The fraction of sp³-hybridized carbons (Fsp3) is 0.357. The highest BCUT2D eigenvalue weighted by Crippen LogP contribution is 2.36. The standard InChI is InChI=1S/C28H31FN6O3/c1-34-21-10-9-17(27(26(21)33-24(34)16-37-2)35-13-5-6-18(35)15-30)14-22(36)20-11-12-31-28(32-20)25-19(29)7-4-8-23(25)38-3/h4,7-12,18H,5-6,13-16,30H2,1-3H3/t18-/m0/s1. The zero-order valence-corrected chi connectivity index (χ0v) is 21.8. The molecular weight excluding hydrogens is 487 g/mol. The number of ether oxygens (including phenoxy) is 2. The molecule has 198 valence electrons. The van der Waals surface area contributed by atoms with Crippen molar-refractivity contribution in [3.63, 3.8) is 0 Å². The van der Waals surface area contributed by atoms with Gasteiger partial charge in [-0.25, -0.2) is 19.3 Å². The average molecular weight is 519 g/mol. The molecule has 10 heteroatoms. The molecule has 2 N–H and O–H groups in total. The molecule has 3 heterocycles. The summed E-state index contributed by atoms with van der Waals surface area (Å²) in [7, 11) is 5.05. The average Bonchev–Trinajstić information content (AvgIpc) is 3.53. The van der Waals surface area contributed by atoms with Gasteiger partial charge in [0.15, 0.2) is 11.6 Å². The summed E-state index contributed by atoms with van der Waals surface area (Å²) in [5.74, 6) is 0.464. The van der Waals surface area contributed by atoms with Gasteiger partial charge in [-0.3, -0.25) is 4.79 Å². The molecule has 0 radical (unpaired) electrons. The number of ketones is 1. The molecule has 1 saturated heterocycles. The lowest BCUT2D eigenvalue weighted by Gasteiger charge is -2.28. The summed E-state index contributed by atoms with van der Waals surface area (Å²) < 4.78 is 27.3. The van der Waals surface area contributed by atoms with Crippen LogP contribution in [0.25, 0.3) is 22.4 Å². The number of hydrogen-bond acceptors (Lipinski definition) is 8. The number of aryl methyl sites for hydroxylation is 1. The van der Waals surface area contributed by atoms with E-state index in [2.05, 4.69) is 14.9 Å². The summed E-state index contributed by atoms with van der Waals surface area (Å²) in [4.78, 5) is 29.4. The van der Waals surface area contributed by atoms with Crippen LogP contribution in [0.4, 0.5) is 10.1 Å². The van der Waals surface area contributed by atoms with Crippen LogP contribution in [0, 0.1) is 5.82 Å². The largest absolute Gasteiger partial charge is 0.496 e. The monoisotopic (exact) mass is 518 g/mol. The van der Waals surface area contributed by atoms with Crippen molar-refractivity contribution in [3.8, 4) is 17.1 Å². The van der Waals surface area contributed by atoms with Gasteiger partial charge in [-0.1, -0.05) is 12.1 Å². The van der Waals surface area contributed by atoms with Crippen molar-refractivity contribution in [1.82, 2.24) is 19.5 Å². The van der Waals surface area contributed by atoms with Crippen LogP contribution >= 0.6 is 0 Å². The first-order valence-corrected chi connectivity index (χ1v) is 12.6. The molecule has 0 bridgehead atoms. The van der Waals surface area contributed by atoms with Gasteiger partial charge in [0, 0.05) is 45.9 Å². The number of carbonyl (C=O) groups excluding carboxylic acids is 1. The molecular formula is C28H31FN6O3. The second-order valence-corrected chi connectivity index (χ2v) is 9.37. The molecule has 5 rings (SSSR count). The Bertz CT molecular complexity index is 1490. The minimum Gasteiger partial charge on any atom is -0.496 e. The number of aromatic nitrogens is 4. The van der Waals surface area contributed by atoms with Gasteiger partial charge in [-0.15, -0.1) is 0 Å². The van der Waals surface area contributed by atoms with Crippen molar-refractivity contribution in [2.75, 3.05) is 32.2 Å². The Balaban J connectivity index is 1.56. The number of hydrogen-bond donors (Lipinski definition) is 1. The quantitative estimate of drug-likeness (QED) is 0.334. The van der Waals surface area contributed by atoms with Gasteiger partial charge in [-0.05, 0) is 42.7 Å². The molecule has 0 aliphatic carbocycles. The highest BCUT2D eigenvalue weighted by Gasteiger charge is 2.29. The van der Waals surface area contributed by atoms with E-state index in [1.165, 1.54) is 19.4 Å². The summed E-state index contributed by atoms with van der Waals surface area (Å²) in [6.07, 6.45) is 3.56. The molecule has 1 aliphatic rings. The van der Waals surface area contributed by atoms with E-state index in [1.807, 2.05) is 23.7 Å². The summed E-state index contributed by atoms with van der Waals surface area (Å²) >= 11 is 0. The van der Waals surface area contributed by atoms with Crippen molar-refractivity contribution in [1.29, 1.82) is 0 Å². The molecule has 0 amide bonds. The van der Waals surface area contributed by atoms with E-state index in [1.54, 1.807) is 25.3 Å². The van der Waals surface area contributed by atoms with Gasteiger partial charge >= 0.3 is 0 Å². The number of Topliss-reactive ketones (excluding diaryl/α,β-unsaturated/α-hetero) is 1. The van der Waals surface area contributed by atoms with Crippen molar-refractivity contribution in [2.45, 2.75) is 31.9 Å². The van der Waals surface area contributed by atoms with E-state index in [0.717, 1.165) is 47.5 Å². The van der Waals surface area contributed by atoms with E-state index in [9.17, 15) is 9.18 Å². The Hall–Kier alpha value is -3.89. The van der Waals surface area contributed by atoms with Crippen LogP contribution in [0.2, 0.25) is 0 Å². The zero-order chi connectivity index (χ0) is 26.8. The maximum absolute atomic E-state index is 14.7. The third-order valence-electron chi connectivity index (χ3n) is 7.12. The van der Waals surface area contributed by atoms with E-state index < -0.39 is 5.82 Å². The first-order valence-electron chi connectivity index (χ1n) is 12.6. The normalized spacial score (nSPS) is 15.4. The Morgan fingerprint density at radius 2 is 2.03 bits per heavy atom. The van der Waals surface area contributed by atoms with Crippen LogP contribution < -0.4 is 15.4 Å². The zero-order valence-electron chi connectivity index (χ0n) is 21.8. The van der Waals surface area contributed by atoms with Crippen LogP contribution in [0.1, 0.15) is 34.7 Å². The number of benzene rings is 2. The number of imidazole rings is 1. The second kappa shape index (κ2) is 10.8. The van der Waals surface area contributed by atoms with Crippen molar-refractivity contribution >= 4 is 22.5 Å². The maximum atomic E-state index is 14.7. The number of nitrogens with zero attached hydrogens (tertiary/aromatic N) is 5. The number of anilines is 1. The van der Waals surface area contributed by atoms with E-state index in [0.29, 0.717) is 18.9 Å². The van der Waals surface area contributed by atoms with Crippen LogP contribution in [-0.2, 0) is 24.8 Å². The molecule has 38 heavy (non-hydrogen) atoms. The molecule has 4 aromatic rings. The maximum Gasteiger partial charge on any atom is 0.185 e. The molecule has 1 aliphatic heterocycles. The minimum absolute atomic E-state index is 0.0955. The van der Waals surface area contributed by atoms with Crippen molar-refractivity contribution in [3.05, 3.63) is 65.5 Å². The number of methoxy groups -OCH3 is 2. The summed E-state index contributed by atoms with van der Waals surface area (Å²) in [5.41, 5.74) is 9.99. The van der Waals surface area contributed by atoms with E-state index >= 15 is 0 Å². The van der Waals surface area contributed by atoms with Crippen LogP contribution in [0.5, 0.6) is 5.75 Å². The van der Waals surface area contributed by atoms with Crippen LogP contribution in [0.3, 0.4) is 0 Å². The number of halogens is 1. The number of rotatable bonds is 9. The second-order valence-electron chi connectivity index (χ2n) is 9.37. The third kappa shape index (κ3) is 4.61. The molecule has 9 nitrogen and oxygen atoms in total. The fourth-order valence-corrected chi connectivity index (χ4v) is 5.22. The Morgan fingerprint density at radius 1 is 1.18 bits per heavy atom. The summed E-state index contributed by atoms with van der Waals surface area (Å²) in [5, 5.41) is 0. The van der Waals surface area contributed by atoms with Crippen LogP contribution in [-0.4, -0.2) is 58.7 Å². The minimum atomic E-state index is -0.523. The summed E-state index contributed by atoms with van der Waals surface area (Å²) in [6, 6.07) is 10.2. The molecule has 1 fully saturated rings. The smallest absolute Gasteiger partial charge is 0.185 e. The van der Waals surface area contributed by atoms with Crippen molar-refractivity contribution in [2.24, 2.45) is 12.8 Å². The highest BCUT2D eigenvalue weighted by atomic mass is 19.1. The molecule has 0 unspecified atom stereocenters. The third-order valence-corrected chi connectivity index (χ3v) is 7.12. The lowest BCUT2D eigenvalue weighted by atomic mass is 10.0. The summed E-state index contributed by atoms with van der Waals surface area (Å²) in [6.45, 7) is 1.73. The first-order chi connectivity index (χ1) is 18.5. The highest BCUT2D eigenvalue weighted by molar-refractivity contribution is 6.00. The predicted octanol–water partition coefficient (Wildman–Crippen LogP) is 3.68. The van der Waals surface area contributed by atoms with Gasteiger partial charge < -0.3 is 24.7 Å². The Labute approximate surface area is 220 Å². The first kappa shape index (κ1) is 25.7.